The monoisotopic (exact) mass is 302 g/mol. The standard InChI is InChI=1S/C15H14N2O3S/c1-10-16-13(9-21-10)11-2-4-12(5-3-11)17-15(18)14-8-19-6-7-20-14/h2-5,8-9H,6-7H2,1H3,(H,17,18). The molecule has 0 saturated heterocycles. The minimum absolute atomic E-state index is 0.195. The minimum Gasteiger partial charge on any atom is -0.494 e. The summed E-state index contributed by atoms with van der Waals surface area (Å²) in [5.41, 5.74) is 2.67. The Bertz CT molecular complexity index is 676. The molecule has 6 heteroatoms. The number of rotatable bonds is 3. The number of nitrogens with one attached hydrogen (secondary N) is 1. The number of nitrogens with zero attached hydrogens (tertiary/aromatic N) is 1. The number of hydrogen-bond donors (Lipinski definition) is 1. The Kier molecular flexibility index (Phi) is 3.87. The lowest BCUT2D eigenvalue weighted by atomic mass is 10.1. The quantitative estimate of drug-likeness (QED) is 0.947. The molecule has 108 valence electrons. The highest BCUT2D eigenvalue weighted by molar-refractivity contribution is 7.09. The van der Waals surface area contributed by atoms with Crippen LogP contribution in [0.5, 0.6) is 0 Å². The molecule has 1 amide bonds. The van der Waals surface area contributed by atoms with Crippen LogP contribution >= 0.6 is 11.3 Å². The molecule has 1 aliphatic rings. The summed E-state index contributed by atoms with van der Waals surface area (Å²) in [6.45, 7) is 2.84. The molecule has 0 bridgehead atoms. The second-order valence-electron chi connectivity index (χ2n) is 4.48. The van der Waals surface area contributed by atoms with Crippen molar-refractivity contribution in [2.45, 2.75) is 6.92 Å². The molecule has 1 aromatic heterocycles. The van der Waals surface area contributed by atoms with Gasteiger partial charge in [-0.15, -0.1) is 11.3 Å². The average molecular weight is 302 g/mol. The number of ether oxygens (including phenoxy) is 2. The van der Waals surface area contributed by atoms with Crippen molar-refractivity contribution in [2.75, 3.05) is 18.5 Å². The summed E-state index contributed by atoms with van der Waals surface area (Å²) in [5, 5.41) is 5.81. The zero-order valence-electron chi connectivity index (χ0n) is 11.5. The van der Waals surface area contributed by atoms with Gasteiger partial charge in [0.2, 0.25) is 5.76 Å². The van der Waals surface area contributed by atoms with Crippen LogP contribution in [0.2, 0.25) is 0 Å². The summed E-state index contributed by atoms with van der Waals surface area (Å²) in [6.07, 6.45) is 1.34. The van der Waals surface area contributed by atoms with E-state index >= 15 is 0 Å². The Hall–Kier alpha value is -2.34. The van der Waals surface area contributed by atoms with E-state index < -0.39 is 0 Å². The van der Waals surface area contributed by atoms with Crippen molar-refractivity contribution in [1.82, 2.24) is 4.98 Å². The summed E-state index contributed by atoms with van der Waals surface area (Å²) in [5.74, 6) is -0.118. The van der Waals surface area contributed by atoms with Gasteiger partial charge in [0.05, 0.1) is 10.7 Å². The summed E-state index contributed by atoms with van der Waals surface area (Å²) in [7, 11) is 0. The third kappa shape index (κ3) is 3.22. The van der Waals surface area contributed by atoms with Crippen molar-refractivity contribution in [3.05, 3.63) is 46.7 Å². The van der Waals surface area contributed by atoms with Crippen molar-refractivity contribution >= 4 is 22.9 Å². The van der Waals surface area contributed by atoms with E-state index in [1.54, 1.807) is 11.3 Å². The topological polar surface area (TPSA) is 60.5 Å². The maximum atomic E-state index is 11.9. The summed E-state index contributed by atoms with van der Waals surface area (Å²) in [6, 6.07) is 7.53. The lowest BCUT2D eigenvalue weighted by Gasteiger charge is -2.15. The van der Waals surface area contributed by atoms with Crippen LogP contribution in [-0.4, -0.2) is 24.1 Å². The van der Waals surface area contributed by atoms with Crippen LogP contribution in [0.15, 0.2) is 41.7 Å². The van der Waals surface area contributed by atoms with Crippen LogP contribution in [0.25, 0.3) is 11.3 Å². The van der Waals surface area contributed by atoms with Crippen molar-refractivity contribution in [3.63, 3.8) is 0 Å². The fourth-order valence-corrected chi connectivity index (χ4v) is 2.52. The van der Waals surface area contributed by atoms with Crippen molar-refractivity contribution in [1.29, 1.82) is 0 Å². The predicted molar refractivity (Wildman–Crippen MR) is 80.9 cm³/mol. The van der Waals surface area contributed by atoms with Crippen LogP contribution in [0, 0.1) is 6.92 Å². The molecule has 5 nitrogen and oxygen atoms in total. The third-order valence-corrected chi connectivity index (χ3v) is 3.70. The molecule has 0 saturated carbocycles. The maximum absolute atomic E-state index is 11.9. The van der Waals surface area contributed by atoms with E-state index in [0.717, 1.165) is 16.3 Å². The molecule has 21 heavy (non-hydrogen) atoms. The number of amides is 1. The highest BCUT2D eigenvalue weighted by Crippen LogP contribution is 2.23. The molecule has 0 spiro atoms. The van der Waals surface area contributed by atoms with Gasteiger partial charge in [0.15, 0.2) is 0 Å². The van der Waals surface area contributed by atoms with Gasteiger partial charge in [-0.1, -0.05) is 12.1 Å². The number of benzene rings is 1. The highest BCUT2D eigenvalue weighted by atomic mass is 32.1. The van der Waals surface area contributed by atoms with Crippen molar-refractivity contribution in [3.8, 4) is 11.3 Å². The Morgan fingerprint density at radius 1 is 1.29 bits per heavy atom. The van der Waals surface area contributed by atoms with Crippen LogP contribution in [0.3, 0.4) is 0 Å². The average Bonchev–Trinajstić information content (AvgIpc) is 2.95. The molecule has 0 atom stereocenters. The largest absolute Gasteiger partial charge is 0.494 e. The molecule has 2 aromatic rings. The fraction of sp³-hybridized carbons (Fsp3) is 0.200. The molecule has 0 unspecified atom stereocenters. The molecule has 3 rings (SSSR count). The highest BCUT2D eigenvalue weighted by Gasteiger charge is 2.15. The molecule has 1 aliphatic heterocycles. The molecular formula is C15H14N2O3S. The van der Waals surface area contributed by atoms with Crippen LogP contribution in [-0.2, 0) is 14.3 Å². The zero-order chi connectivity index (χ0) is 14.7. The van der Waals surface area contributed by atoms with Crippen LogP contribution in [0.1, 0.15) is 5.01 Å². The minimum atomic E-state index is -0.313. The molecule has 1 N–H and O–H groups in total. The summed E-state index contributed by atoms with van der Waals surface area (Å²) >= 11 is 1.61. The second-order valence-corrected chi connectivity index (χ2v) is 5.55. The molecule has 2 heterocycles. The van der Waals surface area contributed by atoms with E-state index in [9.17, 15) is 4.79 Å². The first-order valence-corrected chi connectivity index (χ1v) is 7.39. The Morgan fingerprint density at radius 3 is 2.71 bits per heavy atom. The number of carbonyl (C=O) groups is 1. The molecule has 0 radical (unpaired) electrons. The van der Waals surface area contributed by atoms with Crippen LogP contribution in [0.4, 0.5) is 5.69 Å². The van der Waals surface area contributed by atoms with E-state index in [0.29, 0.717) is 18.9 Å². The van der Waals surface area contributed by atoms with E-state index in [4.69, 9.17) is 9.47 Å². The number of aryl methyl sites for hydroxylation is 1. The fourth-order valence-electron chi connectivity index (χ4n) is 1.90. The maximum Gasteiger partial charge on any atom is 0.294 e. The number of anilines is 1. The molecule has 0 aliphatic carbocycles. The molecular weight excluding hydrogens is 288 g/mol. The Labute approximate surface area is 126 Å². The number of hydrogen-bond acceptors (Lipinski definition) is 5. The van der Waals surface area contributed by atoms with E-state index in [2.05, 4.69) is 10.3 Å². The van der Waals surface area contributed by atoms with Gasteiger partial charge in [0.25, 0.3) is 5.91 Å². The van der Waals surface area contributed by atoms with Gasteiger partial charge in [0.1, 0.15) is 19.5 Å². The van der Waals surface area contributed by atoms with Crippen molar-refractivity contribution in [2.24, 2.45) is 0 Å². The van der Waals surface area contributed by atoms with Gasteiger partial charge < -0.3 is 14.8 Å². The molecule has 0 fully saturated rings. The number of carbonyl (C=O) groups excluding carboxylic acids is 1. The van der Waals surface area contributed by atoms with Crippen molar-refractivity contribution < 1.29 is 14.3 Å². The van der Waals surface area contributed by atoms with Gasteiger partial charge in [-0.3, -0.25) is 4.79 Å². The Balaban J connectivity index is 1.69. The Morgan fingerprint density at radius 2 is 2.10 bits per heavy atom. The van der Waals surface area contributed by atoms with E-state index in [-0.39, 0.29) is 11.7 Å². The zero-order valence-corrected chi connectivity index (χ0v) is 12.3. The molecule has 1 aromatic carbocycles. The first-order valence-electron chi connectivity index (χ1n) is 6.51. The van der Waals surface area contributed by atoms with E-state index in [1.807, 2.05) is 36.6 Å². The second kappa shape index (κ2) is 5.97. The predicted octanol–water partition coefficient (Wildman–Crippen LogP) is 2.95. The van der Waals surface area contributed by atoms with Gasteiger partial charge >= 0.3 is 0 Å². The lowest BCUT2D eigenvalue weighted by Crippen LogP contribution is -2.21. The van der Waals surface area contributed by atoms with E-state index in [1.165, 1.54) is 6.26 Å². The number of aromatic nitrogens is 1. The number of thiazole rings is 1. The van der Waals surface area contributed by atoms with Gasteiger partial charge in [-0.05, 0) is 19.1 Å². The van der Waals surface area contributed by atoms with Gasteiger partial charge in [0, 0.05) is 16.6 Å². The SMILES string of the molecule is Cc1nc(-c2ccc(NC(=O)C3=COCCO3)cc2)cs1. The first kappa shape index (κ1) is 13.6. The first-order chi connectivity index (χ1) is 10.2. The third-order valence-electron chi connectivity index (χ3n) is 2.93. The smallest absolute Gasteiger partial charge is 0.294 e. The van der Waals surface area contributed by atoms with Gasteiger partial charge in [-0.25, -0.2) is 4.98 Å². The lowest BCUT2D eigenvalue weighted by molar-refractivity contribution is -0.117. The normalized spacial score (nSPS) is 13.9. The van der Waals surface area contributed by atoms with Gasteiger partial charge in [-0.2, -0.15) is 0 Å². The summed E-state index contributed by atoms with van der Waals surface area (Å²) < 4.78 is 10.3. The summed E-state index contributed by atoms with van der Waals surface area (Å²) in [4.78, 5) is 16.4. The van der Waals surface area contributed by atoms with Crippen LogP contribution < -0.4 is 5.32 Å².